The van der Waals surface area contributed by atoms with Gasteiger partial charge in [-0.2, -0.15) is 18.2 Å². The molecule has 2 saturated heterocycles. The van der Waals surface area contributed by atoms with Crippen LogP contribution in [0, 0.1) is 5.82 Å². The molecule has 0 spiro atoms. The van der Waals surface area contributed by atoms with E-state index in [4.69, 9.17) is 0 Å². The molecule has 0 bridgehead atoms. The monoisotopic (exact) mass is 727 g/mol. The van der Waals surface area contributed by atoms with Gasteiger partial charge in [-0.1, -0.05) is 12.1 Å². The molecule has 2 aromatic carbocycles. The summed E-state index contributed by atoms with van der Waals surface area (Å²) in [4.78, 5) is 41.3. The highest BCUT2D eigenvalue weighted by Crippen LogP contribution is 2.34. The van der Waals surface area contributed by atoms with E-state index in [1.807, 2.05) is 12.1 Å². The number of piperazine rings is 1. The molecular formula is C33H33F4N9O4S. The van der Waals surface area contributed by atoms with Crippen LogP contribution in [0.4, 0.5) is 51.3 Å². The predicted octanol–water partition coefficient (Wildman–Crippen LogP) is 4.56. The van der Waals surface area contributed by atoms with Crippen LogP contribution in [0.25, 0.3) is 0 Å². The van der Waals surface area contributed by atoms with Crippen LogP contribution in [-0.4, -0.2) is 79.2 Å². The van der Waals surface area contributed by atoms with E-state index in [9.17, 15) is 35.6 Å². The van der Waals surface area contributed by atoms with E-state index in [-0.39, 0.29) is 42.1 Å². The molecule has 4 aromatic rings. The summed E-state index contributed by atoms with van der Waals surface area (Å²) in [6.45, 7) is 2.91. The minimum Gasteiger partial charge on any atom is -0.369 e. The number of pyridine rings is 1. The summed E-state index contributed by atoms with van der Waals surface area (Å²) >= 11 is 0. The molecule has 268 valence electrons. The summed E-state index contributed by atoms with van der Waals surface area (Å²) in [6, 6.07) is 14.1. The normalized spacial score (nSPS) is 15.9. The number of sulfone groups is 1. The summed E-state index contributed by atoms with van der Waals surface area (Å²) in [6.07, 6.45) is -1.79. The summed E-state index contributed by atoms with van der Waals surface area (Å²) in [5, 5.41) is 7.83. The zero-order valence-electron chi connectivity index (χ0n) is 27.2. The van der Waals surface area contributed by atoms with Gasteiger partial charge in [0.05, 0.1) is 11.1 Å². The molecule has 6 rings (SSSR count). The van der Waals surface area contributed by atoms with Crippen LogP contribution in [0.15, 0.2) is 71.9 Å². The number of halogens is 4. The standard InChI is InChI=1S/C33H33F4N9O4S/c1-51(49,50)25-4-2-3-21(15-25)17-39-30-26(33(35,36)37)18-40-31(43-30)41-23-5-7-24(8-6-23)45-13-11-44(12-14-45)20-22-16-28(38-19-27(22)34)46-10-9-29(47)42-32(46)48/h2-8,15-16,18-19H,9-14,17,20H2,1H3,(H,42,47,48)(H2,39,40,41,43). The molecular weight excluding hydrogens is 694 g/mol. The van der Waals surface area contributed by atoms with E-state index in [2.05, 4.69) is 40.7 Å². The minimum absolute atomic E-state index is 0.0502. The first-order valence-electron chi connectivity index (χ1n) is 15.8. The minimum atomic E-state index is -4.73. The molecule has 0 radical (unpaired) electrons. The van der Waals surface area contributed by atoms with Crippen molar-refractivity contribution in [2.24, 2.45) is 0 Å². The molecule has 2 fully saturated rings. The van der Waals surface area contributed by atoms with Crippen molar-refractivity contribution in [2.45, 2.75) is 30.6 Å². The maximum atomic E-state index is 14.7. The van der Waals surface area contributed by atoms with Gasteiger partial charge >= 0.3 is 12.2 Å². The highest BCUT2D eigenvalue weighted by molar-refractivity contribution is 7.90. The number of carbonyl (C=O) groups excluding carboxylic acids is 2. The van der Waals surface area contributed by atoms with Crippen LogP contribution in [0.1, 0.15) is 23.1 Å². The Labute approximate surface area is 290 Å². The van der Waals surface area contributed by atoms with Crippen LogP contribution in [-0.2, 0) is 33.9 Å². The fraction of sp³-hybridized carbons (Fsp3) is 0.303. The van der Waals surface area contributed by atoms with Gasteiger partial charge in [-0.3, -0.25) is 19.9 Å². The Morgan fingerprint density at radius 1 is 0.941 bits per heavy atom. The van der Waals surface area contributed by atoms with Crippen molar-refractivity contribution in [3.05, 3.63) is 89.5 Å². The predicted molar refractivity (Wildman–Crippen MR) is 181 cm³/mol. The second-order valence-electron chi connectivity index (χ2n) is 12.1. The van der Waals surface area contributed by atoms with Crippen LogP contribution in [0.2, 0.25) is 0 Å². The Morgan fingerprint density at radius 3 is 2.37 bits per heavy atom. The highest BCUT2D eigenvalue weighted by atomic mass is 32.2. The lowest BCUT2D eigenvalue weighted by Gasteiger charge is -2.36. The van der Waals surface area contributed by atoms with Crippen molar-refractivity contribution in [2.75, 3.05) is 59.4 Å². The Kier molecular flexibility index (Phi) is 10.1. The lowest BCUT2D eigenvalue weighted by atomic mass is 10.2. The van der Waals surface area contributed by atoms with E-state index < -0.39 is 39.2 Å². The smallest absolute Gasteiger partial charge is 0.369 e. The molecule has 3 N–H and O–H groups in total. The number of rotatable bonds is 10. The molecule has 4 heterocycles. The van der Waals surface area contributed by atoms with Gasteiger partial charge < -0.3 is 15.5 Å². The summed E-state index contributed by atoms with van der Waals surface area (Å²) in [5.74, 6) is -1.12. The number of hydrogen-bond acceptors (Lipinski definition) is 11. The number of alkyl halides is 3. The number of hydrogen-bond donors (Lipinski definition) is 3. The van der Waals surface area contributed by atoms with Gasteiger partial charge in [0.15, 0.2) is 9.84 Å². The SMILES string of the molecule is CS(=O)(=O)c1cccc(CNc2nc(Nc3ccc(N4CCN(Cc5cc(N6CCC(=O)NC6=O)ncc5F)CC4)cc3)ncc2C(F)(F)F)c1. The number of amides is 3. The van der Waals surface area contributed by atoms with Gasteiger partial charge in [0.25, 0.3) is 0 Å². The Hall–Kier alpha value is -5.36. The number of urea groups is 1. The van der Waals surface area contributed by atoms with Crippen LogP contribution < -0.4 is 25.8 Å². The third-order valence-corrected chi connectivity index (χ3v) is 9.50. The number of carbonyl (C=O) groups is 2. The summed E-state index contributed by atoms with van der Waals surface area (Å²) in [7, 11) is -3.50. The molecule has 0 aliphatic carbocycles. The van der Waals surface area contributed by atoms with Crippen molar-refractivity contribution in [1.82, 2.24) is 25.2 Å². The first-order chi connectivity index (χ1) is 24.2. The van der Waals surface area contributed by atoms with Crippen LogP contribution >= 0.6 is 0 Å². The number of nitrogens with zero attached hydrogens (tertiary/aromatic N) is 6. The summed E-state index contributed by atoms with van der Waals surface area (Å²) < 4.78 is 79.8. The number of benzene rings is 2. The fourth-order valence-electron chi connectivity index (χ4n) is 5.67. The van der Waals surface area contributed by atoms with Gasteiger partial charge in [-0.05, 0) is 48.0 Å². The van der Waals surface area contributed by atoms with Crippen molar-refractivity contribution in [3.8, 4) is 0 Å². The zero-order valence-corrected chi connectivity index (χ0v) is 28.1. The maximum Gasteiger partial charge on any atom is 0.421 e. The average Bonchev–Trinajstić information content (AvgIpc) is 3.08. The molecule has 0 saturated carbocycles. The van der Waals surface area contributed by atoms with Gasteiger partial charge in [-0.25, -0.2) is 27.6 Å². The largest absolute Gasteiger partial charge is 0.421 e. The second-order valence-corrected chi connectivity index (χ2v) is 14.1. The molecule has 13 nitrogen and oxygen atoms in total. The van der Waals surface area contributed by atoms with Crippen molar-refractivity contribution < 1.29 is 35.6 Å². The van der Waals surface area contributed by atoms with Crippen molar-refractivity contribution in [1.29, 1.82) is 0 Å². The highest BCUT2D eigenvalue weighted by Gasteiger charge is 2.35. The lowest BCUT2D eigenvalue weighted by Crippen LogP contribution is -2.50. The fourth-order valence-corrected chi connectivity index (χ4v) is 6.36. The first kappa shape index (κ1) is 35.5. The van der Waals surface area contributed by atoms with Crippen LogP contribution in [0.3, 0.4) is 0 Å². The molecule has 0 unspecified atom stereocenters. The van der Waals surface area contributed by atoms with Gasteiger partial charge in [0, 0.05) is 81.6 Å². The topological polar surface area (TPSA) is 153 Å². The summed E-state index contributed by atoms with van der Waals surface area (Å²) in [5.41, 5.74) is 1.23. The van der Waals surface area contributed by atoms with Gasteiger partial charge in [0.1, 0.15) is 23.0 Å². The van der Waals surface area contributed by atoms with E-state index in [0.29, 0.717) is 55.7 Å². The van der Waals surface area contributed by atoms with Crippen molar-refractivity contribution >= 4 is 50.7 Å². The maximum absolute atomic E-state index is 14.7. The van der Waals surface area contributed by atoms with E-state index in [1.54, 1.807) is 18.2 Å². The number of aromatic nitrogens is 3. The van der Waals surface area contributed by atoms with Gasteiger partial charge in [-0.15, -0.1) is 0 Å². The third-order valence-electron chi connectivity index (χ3n) is 8.39. The van der Waals surface area contributed by atoms with Gasteiger partial charge in [0.2, 0.25) is 11.9 Å². The molecule has 2 aliphatic heterocycles. The molecule has 18 heteroatoms. The zero-order chi connectivity index (χ0) is 36.3. The Morgan fingerprint density at radius 2 is 1.69 bits per heavy atom. The number of anilines is 5. The van der Waals surface area contributed by atoms with E-state index >= 15 is 0 Å². The Balaban J connectivity index is 1.06. The number of imide groups is 1. The lowest BCUT2D eigenvalue weighted by molar-refractivity contribution is -0.137. The molecule has 0 atom stereocenters. The quantitative estimate of drug-likeness (QED) is 0.197. The third kappa shape index (κ3) is 8.69. The molecule has 51 heavy (non-hydrogen) atoms. The molecule has 3 amide bonds. The number of nitrogens with one attached hydrogen (secondary N) is 3. The van der Waals surface area contributed by atoms with Crippen molar-refractivity contribution in [3.63, 3.8) is 0 Å². The molecule has 2 aromatic heterocycles. The van der Waals surface area contributed by atoms with E-state index in [1.165, 1.54) is 29.2 Å². The Bertz CT molecular complexity index is 2040. The second kappa shape index (κ2) is 14.5. The van der Waals surface area contributed by atoms with Crippen LogP contribution in [0.5, 0.6) is 0 Å². The first-order valence-corrected chi connectivity index (χ1v) is 17.7. The average molecular weight is 728 g/mol. The molecule has 2 aliphatic rings. The van der Waals surface area contributed by atoms with E-state index in [0.717, 1.165) is 18.1 Å².